The first-order valence-electron chi connectivity index (χ1n) is 5.65. The number of carbonyl (C=O) groups is 3. The van der Waals surface area contributed by atoms with E-state index in [4.69, 9.17) is 4.74 Å². The van der Waals surface area contributed by atoms with E-state index in [0.29, 0.717) is 18.6 Å². The van der Waals surface area contributed by atoms with Crippen molar-refractivity contribution in [2.24, 2.45) is 11.8 Å². The van der Waals surface area contributed by atoms with Crippen LogP contribution >= 0.6 is 0 Å². The maximum Gasteiger partial charge on any atom is 0.333 e. The Morgan fingerprint density at radius 2 is 1.88 bits per heavy atom. The van der Waals surface area contributed by atoms with Crippen molar-refractivity contribution in [3.8, 4) is 0 Å². The molecule has 2 rings (SSSR count). The van der Waals surface area contributed by atoms with Gasteiger partial charge in [-0.1, -0.05) is 5.57 Å². The maximum atomic E-state index is 11.7. The van der Waals surface area contributed by atoms with Crippen molar-refractivity contribution in [2.45, 2.75) is 26.7 Å². The Labute approximate surface area is 98.8 Å². The fraction of sp³-hybridized carbons (Fsp3) is 0.583. The molecule has 0 saturated carbocycles. The summed E-state index contributed by atoms with van der Waals surface area (Å²) in [6, 6.07) is 0. The van der Waals surface area contributed by atoms with Crippen LogP contribution in [-0.4, -0.2) is 24.5 Å². The van der Waals surface area contributed by atoms with Gasteiger partial charge in [-0.2, -0.15) is 0 Å². The van der Waals surface area contributed by atoms with Crippen LogP contribution in [0.4, 0.5) is 0 Å². The molecule has 0 aromatic carbocycles. The largest absolute Gasteiger partial charge is 0.463 e. The minimum atomic E-state index is -0.519. The van der Waals surface area contributed by atoms with Crippen LogP contribution in [-0.2, 0) is 23.9 Å². The SMILES string of the molecule is CCOC(=O)C1=C(C)C[C@H]2C(=O)OC(=O)[C@H]2C1. The van der Waals surface area contributed by atoms with Crippen LogP contribution in [0.1, 0.15) is 26.7 Å². The van der Waals surface area contributed by atoms with Gasteiger partial charge < -0.3 is 9.47 Å². The molecule has 0 bridgehead atoms. The van der Waals surface area contributed by atoms with Gasteiger partial charge in [-0.3, -0.25) is 9.59 Å². The summed E-state index contributed by atoms with van der Waals surface area (Å²) in [6.07, 6.45) is 0.656. The molecule has 1 saturated heterocycles. The van der Waals surface area contributed by atoms with Crippen molar-refractivity contribution in [1.29, 1.82) is 0 Å². The van der Waals surface area contributed by atoms with E-state index in [-0.39, 0.29) is 6.42 Å². The number of hydrogen-bond donors (Lipinski definition) is 0. The summed E-state index contributed by atoms with van der Waals surface area (Å²) in [4.78, 5) is 34.5. The molecule has 1 fully saturated rings. The number of cyclic esters (lactones) is 2. The minimum Gasteiger partial charge on any atom is -0.463 e. The zero-order valence-corrected chi connectivity index (χ0v) is 9.82. The first kappa shape index (κ1) is 11.8. The molecule has 1 aliphatic carbocycles. The van der Waals surface area contributed by atoms with Crippen molar-refractivity contribution in [1.82, 2.24) is 0 Å². The van der Waals surface area contributed by atoms with Crippen LogP contribution in [0.25, 0.3) is 0 Å². The molecule has 0 spiro atoms. The van der Waals surface area contributed by atoms with Crippen LogP contribution < -0.4 is 0 Å². The van der Waals surface area contributed by atoms with Crippen LogP contribution in [0.15, 0.2) is 11.1 Å². The number of allylic oxidation sites excluding steroid dienone is 1. The van der Waals surface area contributed by atoms with E-state index < -0.39 is 29.7 Å². The van der Waals surface area contributed by atoms with Gasteiger partial charge >= 0.3 is 17.9 Å². The van der Waals surface area contributed by atoms with Crippen molar-refractivity contribution >= 4 is 17.9 Å². The third-order valence-electron chi connectivity index (χ3n) is 3.28. The summed E-state index contributed by atoms with van der Waals surface area (Å²) in [5, 5.41) is 0. The Balaban J connectivity index is 2.23. The summed E-state index contributed by atoms with van der Waals surface area (Å²) < 4.78 is 9.52. The smallest absolute Gasteiger partial charge is 0.333 e. The van der Waals surface area contributed by atoms with Gasteiger partial charge in [0, 0.05) is 5.57 Å². The highest BCUT2D eigenvalue weighted by molar-refractivity contribution is 5.99. The van der Waals surface area contributed by atoms with Crippen molar-refractivity contribution < 1.29 is 23.9 Å². The first-order valence-corrected chi connectivity index (χ1v) is 5.65. The van der Waals surface area contributed by atoms with Gasteiger partial charge in [0.15, 0.2) is 0 Å². The molecule has 0 radical (unpaired) electrons. The molecule has 17 heavy (non-hydrogen) atoms. The third kappa shape index (κ3) is 1.97. The highest BCUT2D eigenvalue weighted by Gasteiger charge is 2.47. The second kappa shape index (κ2) is 4.31. The fourth-order valence-electron chi connectivity index (χ4n) is 2.35. The molecule has 92 valence electrons. The molecular weight excluding hydrogens is 224 g/mol. The number of esters is 3. The number of carbonyl (C=O) groups excluding carboxylic acids is 3. The van der Waals surface area contributed by atoms with Crippen molar-refractivity contribution in [2.75, 3.05) is 6.61 Å². The quantitative estimate of drug-likeness (QED) is 0.529. The lowest BCUT2D eigenvalue weighted by Gasteiger charge is -2.23. The zero-order valence-electron chi connectivity index (χ0n) is 9.82. The average molecular weight is 238 g/mol. The molecule has 0 aromatic rings. The van der Waals surface area contributed by atoms with Crippen LogP contribution in [0.2, 0.25) is 0 Å². The highest BCUT2D eigenvalue weighted by Crippen LogP contribution is 2.39. The molecule has 0 aromatic heterocycles. The number of rotatable bonds is 2. The Bertz CT molecular complexity index is 421. The Morgan fingerprint density at radius 3 is 2.47 bits per heavy atom. The average Bonchev–Trinajstić information content (AvgIpc) is 2.53. The predicted octanol–water partition coefficient (Wildman–Crippen LogP) is 0.976. The molecule has 2 atom stereocenters. The van der Waals surface area contributed by atoms with Crippen LogP contribution in [0.3, 0.4) is 0 Å². The Morgan fingerprint density at radius 1 is 1.29 bits per heavy atom. The predicted molar refractivity (Wildman–Crippen MR) is 56.6 cm³/mol. The normalized spacial score (nSPS) is 27.9. The molecule has 5 heteroatoms. The van der Waals surface area contributed by atoms with E-state index in [0.717, 1.165) is 5.57 Å². The molecule has 1 aliphatic heterocycles. The van der Waals surface area contributed by atoms with Gasteiger partial charge in [0.1, 0.15) is 0 Å². The van der Waals surface area contributed by atoms with E-state index in [1.54, 1.807) is 13.8 Å². The summed E-state index contributed by atoms with van der Waals surface area (Å²) in [6.45, 7) is 3.82. The molecular formula is C12H14O5. The van der Waals surface area contributed by atoms with E-state index >= 15 is 0 Å². The standard InChI is InChI=1S/C12H14O5/c1-3-16-10(13)7-5-9-8(4-6(7)2)11(14)17-12(9)15/h8-9H,3-5H2,1-2H3/t8-,9+/m1/s1. The van der Waals surface area contributed by atoms with Crippen molar-refractivity contribution in [3.05, 3.63) is 11.1 Å². The zero-order chi connectivity index (χ0) is 12.6. The maximum absolute atomic E-state index is 11.7. The fourth-order valence-corrected chi connectivity index (χ4v) is 2.35. The Kier molecular flexibility index (Phi) is 3.00. The molecule has 0 amide bonds. The van der Waals surface area contributed by atoms with Gasteiger partial charge in [-0.15, -0.1) is 0 Å². The van der Waals surface area contributed by atoms with Gasteiger partial charge in [0.2, 0.25) is 0 Å². The lowest BCUT2D eigenvalue weighted by Crippen LogP contribution is -2.26. The Hall–Kier alpha value is -1.65. The molecule has 5 nitrogen and oxygen atoms in total. The summed E-state index contributed by atoms with van der Waals surface area (Å²) in [7, 11) is 0. The molecule has 0 N–H and O–H groups in total. The number of fused-ring (bicyclic) bond motifs is 1. The minimum absolute atomic E-state index is 0.250. The summed E-state index contributed by atoms with van der Waals surface area (Å²) in [5.41, 5.74) is 1.33. The number of hydrogen-bond acceptors (Lipinski definition) is 5. The van der Waals surface area contributed by atoms with E-state index in [9.17, 15) is 14.4 Å². The molecule has 0 unspecified atom stereocenters. The van der Waals surface area contributed by atoms with Gasteiger partial charge in [-0.25, -0.2) is 4.79 Å². The first-order chi connectivity index (χ1) is 8.04. The van der Waals surface area contributed by atoms with E-state index in [1.807, 2.05) is 0 Å². The van der Waals surface area contributed by atoms with E-state index in [2.05, 4.69) is 4.74 Å². The lowest BCUT2D eigenvalue weighted by atomic mass is 9.77. The lowest BCUT2D eigenvalue weighted by molar-refractivity contribution is -0.153. The van der Waals surface area contributed by atoms with E-state index in [1.165, 1.54) is 0 Å². The van der Waals surface area contributed by atoms with Gasteiger partial charge in [0.05, 0.1) is 18.4 Å². The summed E-state index contributed by atoms with van der Waals surface area (Å²) in [5.74, 6) is -2.31. The van der Waals surface area contributed by atoms with Crippen LogP contribution in [0.5, 0.6) is 0 Å². The van der Waals surface area contributed by atoms with Gasteiger partial charge in [-0.05, 0) is 26.7 Å². The molecule has 1 heterocycles. The van der Waals surface area contributed by atoms with Crippen LogP contribution in [0, 0.1) is 11.8 Å². The number of ether oxygens (including phenoxy) is 2. The molecule has 2 aliphatic rings. The topological polar surface area (TPSA) is 69.7 Å². The van der Waals surface area contributed by atoms with Crippen molar-refractivity contribution in [3.63, 3.8) is 0 Å². The highest BCUT2D eigenvalue weighted by atomic mass is 16.6. The van der Waals surface area contributed by atoms with Gasteiger partial charge in [0.25, 0.3) is 0 Å². The third-order valence-corrected chi connectivity index (χ3v) is 3.28. The monoisotopic (exact) mass is 238 g/mol. The second-order valence-electron chi connectivity index (χ2n) is 4.34. The second-order valence-corrected chi connectivity index (χ2v) is 4.34. The summed E-state index contributed by atoms with van der Waals surface area (Å²) >= 11 is 0.